The van der Waals surface area contributed by atoms with Crippen LogP contribution in [0.15, 0.2) is 84.1 Å². The lowest BCUT2D eigenvalue weighted by Crippen LogP contribution is -2.26. The van der Waals surface area contributed by atoms with E-state index in [4.69, 9.17) is 10.7 Å². The number of fused-ring (bicyclic) bond motifs is 1. The monoisotopic (exact) mass is 408 g/mol. The minimum atomic E-state index is -0.960. The first-order valence-corrected chi connectivity index (χ1v) is 10.1. The van der Waals surface area contributed by atoms with E-state index in [-0.39, 0.29) is 11.7 Å². The molecule has 2 N–H and O–H groups in total. The summed E-state index contributed by atoms with van der Waals surface area (Å²) in [6.07, 6.45) is 3.57. The third kappa shape index (κ3) is 3.01. The SMILES string of the molecule is Cc1cc(C2(c3cccc(-c4cccnc4)c3)N=C(N)c3c(F)cccc32)cc(C)n1. The van der Waals surface area contributed by atoms with Crippen LogP contribution in [0.2, 0.25) is 0 Å². The third-order valence-electron chi connectivity index (χ3n) is 5.72. The Kier molecular flexibility index (Phi) is 4.40. The summed E-state index contributed by atoms with van der Waals surface area (Å²) in [6, 6.07) is 21.1. The minimum Gasteiger partial charge on any atom is -0.383 e. The third-order valence-corrected chi connectivity index (χ3v) is 5.72. The fraction of sp³-hybridized carbons (Fsp3) is 0.115. The lowest BCUT2D eigenvalue weighted by Gasteiger charge is -2.30. The van der Waals surface area contributed by atoms with Gasteiger partial charge in [0.1, 0.15) is 17.2 Å². The Morgan fingerprint density at radius 1 is 0.839 bits per heavy atom. The van der Waals surface area contributed by atoms with Gasteiger partial charge in [-0.25, -0.2) is 9.38 Å². The number of hydrogen-bond donors (Lipinski definition) is 1. The van der Waals surface area contributed by atoms with Crippen molar-refractivity contribution in [1.82, 2.24) is 9.97 Å². The van der Waals surface area contributed by atoms with Crippen LogP contribution >= 0.6 is 0 Å². The van der Waals surface area contributed by atoms with Gasteiger partial charge >= 0.3 is 0 Å². The molecule has 31 heavy (non-hydrogen) atoms. The van der Waals surface area contributed by atoms with Gasteiger partial charge in [0.15, 0.2) is 0 Å². The summed E-state index contributed by atoms with van der Waals surface area (Å²) in [5, 5.41) is 0. The van der Waals surface area contributed by atoms with E-state index >= 15 is 0 Å². The van der Waals surface area contributed by atoms with E-state index < -0.39 is 5.54 Å². The van der Waals surface area contributed by atoms with Crippen LogP contribution in [0.25, 0.3) is 11.1 Å². The van der Waals surface area contributed by atoms with Gasteiger partial charge in [0.25, 0.3) is 0 Å². The highest BCUT2D eigenvalue weighted by Crippen LogP contribution is 2.47. The van der Waals surface area contributed by atoms with E-state index in [2.05, 4.69) is 16.0 Å². The van der Waals surface area contributed by atoms with E-state index in [1.807, 2.05) is 68.6 Å². The molecule has 4 nitrogen and oxygen atoms in total. The maximum absolute atomic E-state index is 14.8. The highest BCUT2D eigenvalue weighted by atomic mass is 19.1. The molecule has 0 radical (unpaired) electrons. The van der Waals surface area contributed by atoms with Gasteiger partial charge in [-0.15, -0.1) is 0 Å². The molecule has 0 saturated carbocycles. The lowest BCUT2D eigenvalue weighted by molar-refractivity contribution is 0.615. The number of aryl methyl sites for hydroxylation is 2. The van der Waals surface area contributed by atoms with Crippen LogP contribution in [0, 0.1) is 19.7 Å². The summed E-state index contributed by atoms with van der Waals surface area (Å²) in [6.45, 7) is 3.90. The topological polar surface area (TPSA) is 64.2 Å². The predicted octanol–water partition coefficient (Wildman–Crippen LogP) is 4.91. The van der Waals surface area contributed by atoms with Crippen LogP contribution in [-0.2, 0) is 5.54 Å². The largest absolute Gasteiger partial charge is 0.383 e. The van der Waals surface area contributed by atoms with Crippen molar-refractivity contribution in [2.45, 2.75) is 19.4 Å². The molecule has 0 fully saturated rings. The summed E-state index contributed by atoms with van der Waals surface area (Å²) >= 11 is 0. The lowest BCUT2D eigenvalue weighted by atomic mass is 9.76. The summed E-state index contributed by atoms with van der Waals surface area (Å²) < 4.78 is 14.8. The van der Waals surface area contributed by atoms with Crippen LogP contribution in [0.5, 0.6) is 0 Å². The quantitative estimate of drug-likeness (QED) is 0.524. The molecule has 1 unspecified atom stereocenters. The van der Waals surface area contributed by atoms with Crippen LogP contribution in [-0.4, -0.2) is 15.8 Å². The van der Waals surface area contributed by atoms with Crippen LogP contribution in [0.3, 0.4) is 0 Å². The molecule has 0 aliphatic carbocycles. The maximum Gasteiger partial charge on any atom is 0.139 e. The molecule has 4 aromatic rings. The Labute approximate surface area is 180 Å². The minimum absolute atomic E-state index is 0.201. The summed E-state index contributed by atoms with van der Waals surface area (Å²) in [4.78, 5) is 13.7. The molecule has 152 valence electrons. The molecule has 0 spiro atoms. The summed E-state index contributed by atoms with van der Waals surface area (Å²) in [7, 11) is 0. The van der Waals surface area contributed by atoms with E-state index in [0.29, 0.717) is 5.56 Å². The van der Waals surface area contributed by atoms with Gasteiger partial charge in [-0.05, 0) is 66.4 Å². The second-order valence-electron chi connectivity index (χ2n) is 7.83. The van der Waals surface area contributed by atoms with E-state index in [1.165, 1.54) is 6.07 Å². The zero-order valence-electron chi connectivity index (χ0n) is 17.3. The van der Waals surface area contributed by atoms with Gasteiger partial charge in [-0.3, -0.25) is 9.97 Å². The predicted molar refractivity (Wildman–Crippen MR) is 120 cm³/mol. The van der Waals surface area contributed by atoms with E-state index in [9.17, 15) is 4.39 Å². The second-order valence-corrected chi connectivity index (χ2v) is 7.83. The van der Waals surface area contributed by atoms with Crippen molar-refractivity contribution in [2.75, 3.05) is 0 Å². The molecule has 2 aromatic heterocycles. The average Bonchev–Trinajstić information content (AvgIpc) is 3.08. The normalized spacial score (nSPS) is 17.3. The first-order valence-electron chi connectivity index (χ1n) is 10.1. The van der Waals surface area contributed by atoms with E-state index in [1.54, 1.807) is 12.3 Å². The Bertz CT molecular complexity index is 1310. The highest BCUT2D eigenvalue weighted by Gasteiger charge is 2.44. The summed E-state index contributed by atoms with van der Waals surface area (Å²) in [5.41, 5.74) is 12.0. The number of halogens is 1. The number of nitrogens with zero attached hydrogens (tertiary/aromatic N) is 3. The van der Waals surface area contributed by atoms with Crippen molar-refractivity contribution in [3.63, 3.8) is 0 Å². The zero-order chi connectivity index (χ0) is 21.6. The Morgan fingerprint density at radius 3 is 2.32 bits per heavy atom. The van der Waals surface area contributed by atoms with E-state index in [0.717, 1.165) is 39.2 Å². The van der Waals surface area contributed by atoms with Crippen molar-refractivity contribution in [3.05, 3.63) is 119 Å². The van der Waals surface area contributed by atoms with Crippen LogP contribution in [0.4, 0.5) is 4.39 Å². The second kappa shape index (κ2) is 7.13. The first kappa shape index (κ1) is 19.1. The van der Waals surface area contributed by atoms with Crippen LogP contribution in [0.1, 0.15) is 33.6 Å². The van der Waals surface area contributed by atoms with Crippen molar-refractivity contribution < 1.29 is 4.39 Å². The molecule has 5 rings (SSSR count). The smallest absolute Gasteiger partial charge is 0.139 e. The molecule has 1 aliphatic rings. The number of aromatic nitrogens is 2. The molecule has 2 aromatic carbocycles. The fourth-order valence-electron chi connectivity index (χ4n) is 4.49. The van der Waals surface area contributed by atoms with Gasteiger partial charge < -0.3 is 5.73 Å². The van der Waals surface area contributed by atoms with Crippen molar-refractivity contribution in [3.8, 4) is 11.1 Å². The van der Waals surface area contributed by atoms with Gasteiger partial charge in [-0.2, -0.15) is 0 Å². The number of rotatable bonds is 3. The van der Waals surface area contributed by atoms with Crippen molar-refractivity contribution in [1.29, 1.82) is 0 Å². The Balaban J connectivity index is 1.84. The maximum atomic E-state index is 14.8. The number of pyridine rings is 2. The number of hydrogen-bond acceptors (Lipinski definition) is 4. The molecule has 0 bridgehead atoms. The Hall–Kier alpha value is -3.86. The molecule has 1 aliphatic heterocycles. The highest BCUT2D eigenvalue weighted by molar-refractivity contribution is 6.03. The zero-order valence-corrected chi connectivity index (χ0v) is 17.3. The average molecular weight is 408 g/mol. The van der Waals surface area contributed by atoms with Crippen molar-refractivity contribution >= 4 is 5.84 Å². The fourth-order valence-corrected chi connectivity index (χ4v) is 4.49. The number of amidine groups is 1. The number of benzene rings is 2. The molecule has 0 amide bonds. The van der Waals surface area contributed by atoms with Gasteiger partial charge in [0, 0.05) is 29.3 Å². The molecular weight excluding hydrogens is 387 g/mol. The van der Waals surface area contributed by atoms with Crippen LogP contribution < -0.4 is 5.73 Å². The number of aliphatic imine (C=N–C) groups is 1. The molecule has 5 heteroatoms. The number of nitrogens with two attached hydrogens (primary N) is 1. The standard InChI is InChI=1S/C26H21FN4/c1-16-12-21(13-17(2)30-16)26(22-9-4-10-23(27)24(22)25(28)31-26)20-8-3-6-18(14-20)19-7-5-11-29-15-19/h3-15H,1-2H3,(H2,28,31). The van der Waals surface area contributed by atoms with Gasteiger partial charge in [0.2, 0.25) is 0 Å². The Morgan fingerprint density at radius 2 is 1.58 bits per heavy atom. The molecule has 3 heterocycles. The molecule has 1 atom stereocenters. The van der Waals surface area contributed by atoms with Gasteiger partial charge in [-0.1, -0.05) is 36.4 Å². The first-order chi connectivity index (χ1) is 15.0. The van der Waals surface area contributed by atoms with Gasteiger partial charge in [0.05, 0.1) is 5.56 Å². The summed E-state index contributed by atoms with van der Waals surface area (Å²) in [5.74, 6) is -0.168. The molecule has 0 saturated heterocycles. The van der Waals surface area contributed by atoms with Crippen molar-refractivity contribution in [2.24, 2.45) is 10.7 Å². The molecular formula is C26H21FN4.